The molecule has 0 aliphatic carbocycles. The highest BCUT2D eigenvalue weighted by Gasteiger charge is 2.03. The maximum Gasteiger partial charge on any atom is 0.323 e. The van der Waals surface area contributed by atoms with Crippen molar-refractivity contribution in [1.82, 2.24) is 10.9 Å². The Morgan fingerprint density at radius 3 is 2.12 bits per heavy atom. The number of nitrogens with two attached hydrogens (primary N) is 1. The average molecular weight is 117 g/mol. The molecule has 0 bridgehead atoms. The third-order valence-corrected chi connectivity index (χ3v) is 0.462. The van der Waals surface area contributed by atoms with Crippen molar-refractivity contribution in [2.24, 2.45) is 5.73 Å². The molecule has 0 rings (SSSR count). The highest BCUT2D eigenvalue weighted by Crippen LogP contribution is 1.53. The van der Waals surface area contributed by atoms with Gasteiger partial charge in [0, 0.05) is 7.05 Å². The zero-order valence-corrected chi connectivity index (χ0v) is 4.39. The van der Waals surface area contributed by atoms with Gasteiger partial charge in [-0.05, 0) is 0 Å². The lowest BCUT2D eigenvalue weighted by Gasteiger charge is -1.94. The summed E-state index contributed by atoms with van der Waals surface area (Å²) in [4.78, 5) is 20.0. The molecule has 0 aromatic heterocycles. The standard InChI is InChI=1S/C3H7N3O2/c1-5-6-3(8)2(4)7/h5H,1H3,(H2,4,7)(H,6,8). The van der Waals surface area contributed by atoms with Gasteiger partial charge in [-0.3, -0.25) is 15.0 Å². The lowest BCUT2D eigenvalue weighted by molar-refractivity contribution is -0.137. The van der Waals surface area contributed by atoms with E-state index >= 15 is 0 Å². The number of hydrazine groups is 1. The monoisotopic (exact) mass is 117 g/mol. The number of hydrogen-bond donors (Lipinski definition) is 3. The Morgan fingerprint density at radius 1 is 1.50 bits per heavy atom. The summed E-state index contributed by atoms with van der Waals surface area (Å²) in [5.41, 5.74) is 8.76. The molecular weight excluding hydrogens is 110 g/mol. The number of rotatable bonds is 1. The first-order chi connectivity index (χ1) is 3.68. The molecule has 0 heterocycles. The van der Waals surface area contributed by atoms with Gasteiger partial charge in [0.1, 0.15) is 0 Å². The van der Waals surface area contributed by atoms with E-state index in [1.165, 1.54) is 7.05 Å². The van der Waals surface area contributed by atoms with Crippen LogP contribution in [0, 0.1) is 0 Å². The number of primary amides is 1. The van der Waals surface area contributed by atoms with E-state index in [9.17, 15) is 9.59 Å². The van der Waals surface area contributed by atoms with Crippen LogP contribution in [0.2, 0.25) is 0 Å². The van der Waals surface area contributed by atoms with Crippen LogP contribution in [0.5, 0.6) is 0 Å². The molecular formula is C3H7N3O2. The minimum atomic E-state index is -1.00. The fraction of sp³-hybridized carbons (Fsp3) is 0.333. The van der Waals surface area contributed by atoms with Gasteiger partial charge in [0.25, 0.3) is 0 Å². The predicted molar refractivity (Wildman–Crippen MR) is 26.4 cm³/mol. The van der Waals surface area contributed by atoms with Crippen LogP contribution >= 0.6 is 0 Å². The Balaban J connectivity index is 3.49. The maximum atomic E-state index is 10.1. The number of amides is 2. The SMILES string of the molecule is CNNC(=O)C(N)=O. The highest BCUT2D eigenvalue weighted by molar-refractivity contribution is 6.34. The molecule has 0 atom stereocenters. The third kappa shape index (κ3) is 2.14. The van der Waals surface area contributed by atoms with Crippen molar-refractivity contribution in [1.29, 1.82) is 0 Å². The molecule has 5 heteroatoms. The van der Waals surface area contributed by atoms with Gasteiger partial charge in [-0.25, -0.2) is 5.43 Å². The first-order valence-electron chi connectivity index (χ1n) is 1.95. The Kier molecular flexibility index (Phi) is 2.57. The van der Waals surface area contributed by atoms with E-state index in [1.54, 1.807) is 0 Å². The van der Waals surface area contributed by atoms with E-state index in [2.05, 4.69) is 11.2 Å². The lowest BCUT2D eigenvalue weighted by Crippen LogP contribution is -2.42. The summed E-state index contributed by atoms with van der Waals surface area (Å²) in [5.74, 6) is -1.84. The van der Waals surface area contributed by atoms with Gasteiger partial charge in [-0.15, -0.1) is 0 Å². The second-order valence-electron chi connectivity index (χ2n) is 1.07. The summed E-state index contributed by atoms with van der Waals surface area (Å²) in [7, 11) is 1.46. The van der Waals surface area contributed by atoms with Crippen molar-refractivity contribution in [3.63, 3.8) is 0 Å². The molecule has 0 aliphatic rings. The van der Waals surface area contributed by atoms with Crippen molar-refractivity contribution in [2.45, 2.75) is 0 Å². The molecule has 0 saturated heterocycles. The van der Waals surface area contributed by atoms with Gasteiger partial charge in [0.15, 0.2) is 0 Å². The van der Waals surface area contributed by atoms with Crippen LogP contribution in [-0.4, -0.2) is 18.9 Å². The third-order valence-electron chi connectivity index (χ3n) is 0.462. The number of hydrogen-bond acceptors (Lipinski definition) is 3. The van der Waals surface area contributed by atoms with E-state index < -0.39 is 11.8 Å². The van der Waals surface area contributed by atoms with E-state index in [-0.39, 0.29) is 0 Å². The molecule has 0 fully saturated rings. The molecule has 0 aromatic carbocycles. The zero-order valence-electron chi connectivity index (χ0n) is 4.39. The molecule has 5 nitrogen and oxygen atoms in total. The first kappa shape index (κ1) is 6.90. The molecule has 0 unspecified atom stereocenters. The topological polar surface area (TPSA) is 84.2 Å². The first-order valence-corrected chi connectivity index (χ1v) is 1.95. The summed E-state index contributed by atoms with van der Waals surface area (Å²) < 4.78 is 0. The smallest absolute Gasteiger partial charge is 0.323 e. The molecule has 2 amide bonds. The Bertz CT molecular complexity index is 111. The van der Waals surface area contributed by atoms with Crippen LogP contribution in [0.1, 0.15) is 0 Å². The summed E-state index contributed by atoms with van der Waals surface area (Å²) in [6.45, 7) is 0. The molecule has 0 spiro atoms. The maximum absolute atomic E-state index is 10.1. The average Bonchev–Trinajstić information content (AvgIpc) is 1.67. The Hall–Kier alpha value is -1.10. The van der Waals surface area contributed by atoms with E-state index in [4.69, 9.17) is 0 Å². The van der Waals surface area contributed by atoms with Crippen molar-refractivity contribution in [2.75, 3.05) is 7.05 Å². The Morgan fingerprint density at radius 2 is 2.00 bits per heavy atom. The van der Waals surface area contributed by atoms with Crippen LogP contribution in [0.15, 0.2) is 0 Å². The van der Waals surface area contributed by atoms with Crippen LogP contribution < -0.4 is 16.6 Å². The fourth-order valence-corrected chi connectivity index (χ4v) is 0.175. The van der Waals surface area contributed by atoms with Gasteiger partial charge >= 0.3 is 11.8 Å². The second kappa shape index (κ2) is 2.98. The van der Waals surface area contributed by atoms with Crippen molar-refractivity contribution < 1.29 is 9.59 Å². The van der Waals surface area contributed by atoms with Crippen molar-refractivity contribution in [3.05, 3.63) is 0 Å². The van der Waals surface area contributed by atoms with Crippen LogP contribution in [-0.2, 0) is 9.59 Å². The second-order valence-corrected chi connectivity index (χ2v) is 1.07. The van der Waals surface area contributed by atoms with Crippen molar-refractivity contribution in [3.8, 4) is 0 Å². The number of nitrogens with one attached hydrogen (secondary N) is 2. The van der Waals surface area contributed by atoms with Gasteiger partial charge in [0.05, 0.1) is 0 Å². The van der Waals surface area contributed by atoms with Gasteiger partial charge in [-0.1, -0.05) is 0 Å². The summed E-state index contributed by atoms with van der Waals surface area (Å²) in [5, 5.41) is 0. The molecule has 0 radical (unpaired) electrons. The lowest BCUT2D eigenvalue weighted by atomic mass is 10.6. The molecule has 4 N–H and O–H groups in total. The highest BCUT2D eigenvalue weighted by atomic mass is 16.2. The fourth-order valence-electron chi connectivity index (χ4n) is 0.175. The van der Waals surface area contributed by atoms with E-state index in [0.717, 1.165) is 0 Å². The van der Waals surface area contributed by atoms with Crippen LogP contribution in [0.25, 0.3) is 0 Å². The summed E-state index contributed by atoms with van der Waals surface area (Å²) in [6, 6.07) is 0. The molecule has 8 heavy (non-hydrogen) atoms. The normalized spacial score (nSPS) is 8.12. The quantitative estimate of drug-likeness (QED) is 0.267. The zero-order chi connectivity index (χ0) is 6.57. The van der Waals surface area contributed by atoms with Gasteiger partial charge in [0.2, 0.25) is 0 Å². The Labute approximate surface area is 46.2 Å². The predicted octanol–water partition coefficient (Wildman–Crippen LogP) is -2.28. The van der Waals surface area contributed by atoms with Crippen LogP contribution in [0.4, 0.5) is 0 Å². The molecule has 0 saturated carbocycles. The largest absolute Gasteiger partial charge is 0.361 e. The number of carbonyl (C=O) groups excluding carboxylic acids is 2. The number of carbonyl (C=O) groups is 2. The molecule has 46 valence electrons. The molecule has 0 aliphatic heterocycles. The van der Waals surface area contributed by atoms with Crippen LogP contribution in [0.3, 0.4) is 0 Å². The van der Waals surface area contributed by atoms with Gasteiger partial charge in [-0.2, -0.15) is 0 Å². The minimum absolute atomic E-state index is 0.840. The van der Waals surface area contributed by atoms with Gasteiger partial charge < -0.3 is 5.73 Å². The van der Waals surface area contributed by atoms with E-state index in [1.807, 2.05) is 5.43 Å². The summed E-state index contributed by atoms with van der Waals surface area (Å²) in [6.07, 6.45) is 0. The van der Waals surface area contributed by atoms with Crippen molar-refractivity contribution >= 4 is 11.8 Å². The minimum Gasteiger partial charge on any atom is -0.361 e. The summed E-state index contributed by atoms with van der Waals surface area (Å²) >= 11 is 0. The van der Waals surface area contributed by atoms with E-state index in [0.29, 0.717) is 0 Å². The molecule has 0 aromatic rings.